The molecule has 5 heteroatoms. The highest BCUT2D eigenvalue weighted by Gasteiger charge is 2.30. The summed E-state index contributed by atoms with van der Waals surface area (Å²) < 4.78 is 29.0. The average molecular weight is 270 g/mol. The van der Waals surface area contributed by atoms with E-state index in [0.29, 0.717) is 0 Å². The van der Waals surface area contributed by atoms with Crippen LogP contribution in [0.5, 0.6) is 0 Å². The Hall–Kier alpha value is -1.36. The summed E-state index contributed by atoms with van der Waals surface area (Å²) in [5.41, 5.74) is 0.731. The van der Waals surface area contributed by atoms with Gasteiger partial charge >= 0.3 is 5.97 Å². The standard InChI is InChI=1S/C13H18O4S/c1-10(9-13(14)17-3)18(15,16)11(2)12-7-5-4-6-8-12/h4-8,10-11H,9H2,1-3H3. The largest absolute Gasteiger partial charge is 0.469 e. The zero-order chi connectivity index (χ0) is 13.8. The molecule has 0 heterocycles. The molecule has 0 N–H and O–H groups in total. The van der Waals surface area contributed by atoms with E-state index in [1.165, 1.54) is 14.0 Å². The Balaban J connectivity index is 2.90. The molecule has 0 aliphatic heterocycles. The molecule has 4 nitrogen and oxygen atoms in total. The molecule has 0 aliphatic carbocycles. The maximum atomic E-state index is 12.3. The maximum Gasteiger partial charge on any atom is 0.306 e. The van der Waals surface area contributed by atoms with Crippen LogP contribution in [-0.4, -0.2) is 26.7 Å². The molecule has 0 amide bonds. The van der Waals surface area contributed by atoms with Crippen LogP contribution in [0, 0.1) is 0 Å². The normalized spacial score (nSPS) is 14.8. The van der Waals surface area contributed by atoms with Gasteiger partial charge in [-0.2, -0.15) is 0 Å². The number of benzene rings is 1. The van der Waals surface area contributed by atoms with Crippen molar-refractivity contribution in [1.29, 1.82) is 0 Å². The summed E-state index contributed by atoms with van der Waals surface area (Å²) in [4.78, 5) is 11.1. The first-order valence-electron chi connectivity index (χ1n) is 5.74. The van der Waals surface area contributed by atoms with Crippen LogP contribution < -0.4 is 0 Å². The van der Waals surface area contributed by atoms with E-state index in [9.17, 15) is 13.2 Å². The van der Waals surface area contributed by atoms with Crippen molar-refractivity contribution in [2.75, 3.05) is 7.11 Å². The van der Waals surface area contributed by atoms with E-state index in [1.807, 2.05) is 6.07 Å². The quantitative estimate of drug-likeness (QED) is 0.769. The van der Waals surface area contributed by atoms with Gasteiger partial charge in [0.1, 0.15) is 0 Å². The molecule has 100 valence electrons. The molecule has 18 heavy (non-hydrogen) atoms. The van der Waals surface area contributed by atoms with Gasteiger partial charge < -0.3 is 4.74 Å². The second-order valence-electron chi connectivity index (χ2n) is 4.23. The van der Waals surface area contributed by atoms with Crippen LogP contribution >= 0.6 is 0 Å². The van der Waals surface area contributed by atoms with Crippen molar-refractivity contribution >= 4 is 15.8 Å². The smallest absolute Gasteiger partial charge is 0.306 e. The van der Waals surface area contributed by atoms with Gasteiger partial charge in [-0.05, 0) is 19.4 Å². The molecular weight excluding hydrogens is 252 g/mol. The third kappa shape index (κ3) is 3.32. The SMILES string of the molecule is COC(=O)CC(C)S(=O)(=O)C(C)c1ccccc1. The topological polar surface area (TPSA) is 60.4 Å². The Labute approximate surface area is 108 Å². The van der Waals surface area contributed by atoms with Crippen LogP contribution in [-0.2, 0) is 19.4 Å². The molecule has 1 rings (SSSR count). The number of sulfone groups is 1. The molecule has 0 aliphatic rings. The van der Waals surface area contributed by atoms with Gasteiger partial charge in [0.05, 0.1) is 24.0 Å². The van der Waals surface area contributed by atoms with Gasteiger partial charge in [0.2, 0.25) is 0 Å². The highest BCUT2D eigenvalue weighted by molar-refractivity contribution is 7.92. The van der Waals surface area contributed by atoms with Gasteiger partial charge in [0, 0.05) is 0 Å². The van der Waals surface area contributed by atoms with Crippen molar-refractivity contribution in [1.82, 2.24) is 0 Å². The van der Waals surface area contributed by atoms with Gasteiger partial charge in [0.15, 0.2) is 9.84 Å². The first-order valence-corrected chi connectivity index (χ1v) is 7.35. The summed E-state index contributed by atoms with van der Waals surface area (Å²) >= 11 is 0. The second-order valence-corrected chi connectivity index (χ2v) is 6.92. The van der Waals surface area contributed by atoms with Gasteiger partial charge in [-0.3, -0.25) is 4.79 Å². The number of rotatable bonds is 5. The Bertz CT molecular complexity index is 493. The lowest BCUT2D eigenvalue weighted by atomic mass is 10.2. The summed E-state index contributed by atoms with van der Waals surface area (Å²) in [6, 6.07) is 8.97. The molecule has 0 spiro atoms. The first kappa shape index (κ1) is 14.7. The van der Waals surface area contributed by atoms with Crippen molar-refractivity contribution in [3.8, 4) is 0 Å². The van der Waals surface area contributed by atoms with Crippen molar-refractivity contribution in [3.63, 3.8) is 0 Å². The Kier molecular flexibility index (Phi) is 4.90. The van der Waals surface area contributed by atoms with Crippen LogP contribution in [0.3, 0.4) is 0 Å². The number of hydrogen-bond donors (Lipinski definition) is 0. The number of esters is 1. The lowest BCUT2D eigenvalue weighted by Gasteiger charge is -2.18. The van der Waals surface area contributed by atoms with Gasteiger partial charge in [-0.25, -0.2) is 8.42 Å². The minimum atomic E-state index is -3.40. The summed E-state index contributed by atoms with van der Waals surface area (Å²) in [6.07, 6.45) is -0.115. The average Bonchev–Trinajstić information content (AvgIpc) is 2.38. The summed E-state index contributed by atoms with van der Waals surface area (Å²) in [6.45, 7) is 3.17. The third-order valence-corrected chi connectivity index (χ3v) is 5.55. The monoisotopic (exact) mass is 270 g/mol. The highest BCUT2D eigenvalue weighted by Crippen LogP contribution is 2.26. The lowest BCUT2D eigenvalue weighted by molar-refractivity contribution is -0.140. The molecule has 2 atom stereocenters. The molecule has 0 saturated carbocycles. The van der Waals surface area contributed by atoms with E-state index in [2.05, 4.69) is 4.74 Å². The van der Waals surface area contributed by atoms with Crippen molar-refractivity contribution in [2.45, 2.75) is 30.8 Å². The predicted octanol–water partition coefficient (Wildman–Crippen LogP) is 2.11. The highest BCUT2D eigenvalue weighted by atomic mass is 32.2. The molecule has 0 aromatic heterocycles. The van der Waals surface area contributed by atoms with Gasteiger partial charge in [-0.1, -0.05) is 30.3 Å². The fourth-order valence-corrected chi connectivity index (χ4v) is 3.30. The first-order chi connectivity index (χ1) is 8.39. The minimum absolute atomic E-state index is 0.115. The maximum absolute atomic E-state index is 12.3. The summed E-state index contributed by atoms with van der Waals surface area (Å²) in [7, 11) is -2.15. The molecule has 0 radical (unpaired) electrons. The van der Waals surface area contributed by atoms with E-state index in [-0.39, 0.29) is 6.42 Å². The Morgan fingerprint density at radius 3 is 2.28 bits per heavy atom. The fraction of sp³-hybridized carbons (Fsp3) is 0.462. The van der Waals surface area contributed by atoms with Crippen LogP contribution in [0.2, 0.25) is 0 Å². The van der Waals surface area contributed by atoms with Crippen LogP contribution in [0.1, 0.15) is 31.1 Å². The molecular formula is C13H18O4S. The van der Waals surface area contributed by atoms with E-state index >= 15 is 0 Å². The van der Waals surface area contributed by atoms with Gasteiger partial charge in [0.25, 0.3) is 0 Å². The lowest BCUT2D eigenvalue weighted by Crippen LogP contribution is -2.26. The van der Waals surface area contributed by atoms with E-state index in [4.69, 9.17) is 0 Å². The fourth-order valence-electron chi connectivity index (χ4n) is 1.70. The van der Waals surface area contributed by atoms with Crippen molar-refractivity contribution in [3.05, 3.63) is 35.9 Å². The third-order valence-electron chi connectivity index (χ3n) is 3.00. The number of carbonyl (C=O) groups excluding carboxylic acids is 1. The predicted molar refractivity (Wildman–Crippen MR) is 69.9 cm³/mol. The van der Waals surface area contributed by atoms with E-state index < -0.39 is 26.3 Å². The van der Waals surface area contributed by atoms with Crippen molar-refractivity contribution in [2.24, 2.45) is 0 Å². The van der Waals surface area contributed by atoms with Crippen LogP contribution in [0.15, 0.2) is 30.3 Å². The van der Waals surface area contributed by atoms with E-state index in [1.54, 1.807) is 31.2 Å². The number of methoxy groups -OCH3 is 1. The number of hydrogen-bond acceptors (Lipinski definition) is 4. The number of carbonyl (C=O) groups is 1. The Morgan fingerprint density at radius 2 is 1.78 bits per heavy atom. The zero-order valence-electron chi connectivity index (χ0n) is 10.8. The van der Waals surface area contributed by atoms with E-state index in [0.717, 1.165) is 5.56 Å². The summed E-state index contributed by atoms with van der Waals surface area (Å²) in [5.74, 6) is -0.508. The molecule has 0 saturated heterocycles. The van der Waals surface area contributed by atoms with Crippen molar-refractivity contribution < 1.29 is 17.9 Å². The second kappa shape index (κ2) is 6.00. The zero-order valence-corrected chi connectivity index (χ0v) is 11.6. The molecule has 2 unspecified atom stereocenters. The molecule has 1 aromatic rings. The molecule has 0 bridgehead atoms. The number of ether oxygens (including phenoxy) is 1. The van der Waals surface area contributed by atoms with Crippen LogP contribution in [0.25, 0.3) is 0 Å². The Morgan fingerprint density at radius 1 is 1.22 bits per heavy atom. The van der Waals surface area contributed by atoms with Gasteiger partial charge in [-0.15, -0.1) is 0 Å². The summed E-state index contributed by atoms with van der Waals surface area (Å²) in [5, 5.41) is -1.38. The van der Waals surface area contributed by atoms with Crippen LogP contribution in [0.4, 0.5) is 0 Å². The minimum Gasteiger partial charge on any atom is -0.469 e. The molecule has 0 fully saturated rings. The molecule has 1 aromatic carbocycles.